The molecule has 0 bridgehead atoms. The Morgan fingerprint density at radius 3 is 2.83 bits per heavy atom. The number of rotatable bonds is 6. The van der Waals surface area contributed by atoms with Crippen molar-refractivity contribution in [2.24, 2.45) is 0 Å². The third-order valence-electron chi connectivity index (χ3n) is 4.98. The quantitative estimate of drug-likeness (QED) is 0.389. The van der Waals surface area contributed by atoms with E-state index in [2.05, 4.69) is 37.8 Å². The van der Waals surface area contributed by atoms with Gasteiger partial charge >= 0.3 is 0 Å². The average molecular weight is 396 g/mol. The van der Waals surface area contributed by atoms with Crippen LogP contribution in [0.25, 0.3) is 33.7 Å². The second-order valence-electron chi connectivity index (χ2n) is 6.93. The molecule has 0 radical (unpaired) electrons. The number of methoxy groups -OCH3 is 1. The number of hydrogen-bond acceptors (Lipinski definition) is 5. The van der Waals surface area contributed by atoms with Gasteiger partial charge in [0.1, 0.15) is 5.75 Å². The van der Waals surface area contributed by atoms with Crippen molar-refractivity contribution >= 4 is 16.6 Å². The van der Waals surface area contributed by atoms with Gasteiger partial charge in [0.05, 0.1) is 18.8 Å². The molecule has 0 unspecified atom stereocenters. The highest BCUT2D eigenvalue weighted by atomic mass is 16.5. The van der Waals surface area contributed by atoms with Crippen LogP contribution in [0.15, 0.2) is 72.9 Å². The number of nitrogens with zero attached hydrogens (tertiary/aromatic N) is 3. The van der Waals surface area contributed by atoms with E-state index in [1.165, 1.54) is 5.56 Å². The molecular weight excluding hydrogens is 376 g/mol. The molecule has 5 aromatic rings. The molecule has 0 aliphatic carbocycles. The molecule has 7 nitrogen and oxygen atoms in total. The first-order chi connectivity index (χ1) is 14.8. The molecule has 7 heteroatoms. The minimum Gasteiger partial charge on any atom is -0.497 e. The molecule has 0 spiro atoms. The normalized spacial score (nSPS) is 11.0. The summed E-state index contributed by atoms with van der Waals surface area (Å²) in [6, 6.07) is 22.0. The van der Waals surface area contributed by atoms with Crippen molar-refractivity contribution in [1.29, 1.82) is 0 Å². The summed E-state index contributed by atoms with van der Waals surface area (Å²) in [6.45, 7) is 0.689. The van der Waals surface area contributed by atoms with Gasteiger partial charge in [0.15, 0.2) is 11.6 Å². The number of aromatic nitrogens is 5. The number of para-hydroxylation sites is 1. The van der Waals surface area contributed by atoms with Gasteiger partial charge in [-0.1, -0.05) is 30.3 Å². The molecule has 0 atom stereocenters. The van der Waals surface area contributed by atoms with Crippen LogP contribution in [-0.2, 0) is 6.54 Å². The lowest BCUT2D eigenvalue weighted by molar-refractivity contribution is 0.415. The number of ether oxygens (including phenoxy) is 1. The molecule has 3 N–H and O–H groups in total. The summed E-state index contributed by atoms with van der Waals surface area (Å²) < 4.78 is 5.30. The Morgan fingerprint density at radius 2 is 1.90 bits per heavy atom. The molecule has 0 amide bonds. The molecule has 5 rings (SSSR count). The van der Waals surface area contributed by atoms with E-state index in [4.69, 9.17) is 9.72 Å². The second-order valence-corrected chi connectivity index (χ2v) is 6.93. The highest BCUT2D eigenvalue weighted by Gasteiger charge is 2.12. The highest BCUT2D eigenvalue weighted by molar-refractivity contribution is 5.79. The van der Waals surface area contributed by atoms with Crippen molar-refractivity contribution in [2.75, 3.05) is 12.4 Å². The maximum absolute atomic E-state index is 5.30. The number of fused-ring (bicyclic) bond motifs is 1. The van der Waals surface area contributed by atoms with Crippen LogP contribution in [0.2, 0.25) is 0 Å². The average Bonchev–Trinajstić information content (AvgIpc) is 3.47. The third-order valence-corrected chi connectivity index (χ3v) is 4.98. The number of nitrogens with one attached hydrogen (secondary N) is 3. The maximum atomic E-state index is 5.30. The van der Waals surface area contributed by atoms with E-state index in [9.17, 15) is 0 Å². The molecule has 2 heterocycles. The Balaban J connectivity index is 1.40. The Bertz CT molecular complexity index is 1310. The highest BCUT2D eigenvalue weighted by Crippen LogP contribution is 2.28. The lowest BCUT2D eigenvalue weighted by Crippen LogP contribution is -2.01. The van der Waals surface area contributed by atoms with Crippen LogP contribution >= 0.6 is 0 Å². The van der Waals surface area contributed by atoms with Crippen LogP contribution in [-0.4, -0.2) is 32.5 Å². The van der Waals surface area contributed by atoms with Crippen LogP contribution in [0, 0.1) is 0 Å². The Morgan fingerprint density at radius 1 is 0.967 bits per heavy atom. The number of H-pyrrole nitrogens is 2. The van der Waals surface area contributed by atoms with Crippen LogP contribution < -0.4 is 10.1 Å². The molecule has 0 saturated heterocycles. The predicted molar refractivity (Wildman–Crippen MR) is 117 cm³/mol. The minimum atomic E-state index is 0.629. The first-order valence-corrected chi connectivity index (χ1v) is 9.62. The number of benzene rings is 3. The van der Waals surface area contributed by atoms with E-state index in [1.54, 1.807) is 7.11 Å². The molecule has 2 aromatic heterocycles. The SMILES string of the molecule is COc1cccc(-c2n[nH]c(-c3ccccc3NCc3ccc4[nH]ncc4c3)n2)c1. The summed E-state index contributed by atoms with van der Waals surface area (Å²) >= 11 is 0. The van der Waals surface area contributed by atoms with Gasteiger partial charge in [-0.3, -0.25) is 10.2 Å². The fraction of sp³-hybridized carbons (Fsp3) is 0.0870. The van der Waals surface area contributed by atoms with Gasteiger partial charge in [0.2, 0.25) is 0 Å². The van der Waals surface area contributed by atoms with Gasteiger partial charge in [0, 0.05) is 28.7 Å². The molecule has 0 aliphatic heterocycles. The van der Waals surface area contributed by atoms with E-state index in [-0.39, 0.29) is 0 Å². The Hall–Kier alpha value is -4.13. The van der Waals surface area contributed by atoms with E-state index in [0.717, 1.165) is 33.5 Å². The predicted octanol–water partition coefficient (Wildman–Crippen LogP) is 4.64. The van der Waals surface area contributed by atoms with Gasteiger partial charge < -0.3 is 10.1 Å². The van der Waals surface area contributed by atoms with Crippen molar-refractivity contribution in [3.63, 3.8) is 0 Å². The van der Waals surface area contributed by atoms with Crippen LogP contribution in [0.3, 0.4) is 0 Å². The smallest absolute Gasteiger partial charge is 0.181 e. The van der Waals surface area contributed by atoms with Gasteiger partial charge in [-0.25, -0.2) is 4.98 Å². The first kappa shape index (κ1) is 17.9. The van der Waals surface area contributed by atoms with Crippen molar-refractivity contribution in [3.8, 4) is 28.5 Å². The zero-order valence-electron chi connectivity index (χ0n) is 16.4. The molecule has 148 valence electrons. The third kappa shape index (κ3) is 3.48. The van der Waals surface area contributed by atoms with E-state index >= 15 is 0 Å². The number of aromatic amines is 2. The van der Waals surface area contributed by atoms with Crippen LogP contribution in [0.1, 0.15) is 5.56 Å². The number of hydrogen-bond donors (Lipinski definition) is 3. The summed E-state index contributed by atoms with van der Waals surface area (Å²) in [5, 5.41) is 19.1. The van der Waals surface area contributed by atoms with Crippen molar-refractivity contribution in [3.05, 3.63) is 78.5 Å². The minimum absolute atomic E-state index is 0.629. The van der Waals surface area contributed by atoms with Gasteiger partial charge in [-0.05, 0) is 42.0 Å². The monoisotopic (exact) mass is 396 g/mol. The fourth-order valence-electron chi connectivity index (χ4n) is 3.42. The Labute approximate surface area is 173 Å². The fourth-order valence-corrected chi connectivity index (χ4v) is 3.42. The zero-order chi connectivity index (χ0) is 20.3. The van der Waals surface area contributed by atoms with Crippen LogP contribution in [0.5, 0.6) is 5.75 Å². The number of anilines is 1. The lowest BCUT2D eigenvalue weighted by Gasteiger charge is -2.10. The molecule has 30 heavy (non-hydrogen) atoms. The summed E-state index contributed by atoms with van der Waals surface area (Å²) in [6.07, 6.45) is 1.83. The zero-order valence-corrected chi connectivity index (χ0v) is 16.4. The summed E-state index contributed by atoms with van der Waals surface area (Å²) in [5.74, 6) is 2.11. The summed E-state index contributed by atoms with van der Waals surface area (Å²) in [7, 11) is 1.65. The Kier molecular flexibility index (Phi) is 4.61. The molecule has 0 saturated carbocycles. The molecular formula is C23H20N6O. The maximum Gasteiger partial charge on any atom is 0.181 e. The van der Waals surface area contributed by atoms with E-state index < -0.39 is 0 Å². The lowest BCUT2D eigenvalue weighted by atomic mass is 10.1. The van der Waals surface area contributed by atoms with E-state index in [1.807, 2.05) is 60.8 Å². The summed E-state index contributed by atoms with van der Waals surface area (Å²) in [5.41, 5.74) is 5.05. The van der Waals surface area contributed by atoms with Gasteiger partial charge in [0.25, 0.3) is 0 Å². The largest absolute Gasteiger partial charge is 0.497 e. The second kappa shape index (κ2) is 7.71. The van der Waals surface area contributed by atoms with Crippen molar-refractivity contribution in [1.82, 2.24) is 25.4 Å². The first-order valence-electron chi connectivity index (χ1n) is 9.62. The molecule has 0 aliphatic rings. The van der Waals surface area contributed by atoms with Gasteiger partial charge in [-0.15, -0.1) is 0 Å². The molecule has 0 fully saturated rings. The summed E-state index contributed by atoms with van der Waals surface area (Å²) in [4.78, 5) is 4.70. The topological polar surface area (TPSA) is 91.5 Å². The van der Waals surface area contributed by atoms with E-state index in [0.29, 0.717) is 18.2 Å². The van der Waals surface area contributed by atoms with Crippen molar-refractivity contribution < 1.29 is 4.74 Å². The van der Waals surface area contributed by atoms with Crippen LogP contribution in [0.4, 0.5) is 5.69 Å². The molecule has 3 aromatic carbocycles. The van der Waals surface area contributed by atoms with Gasteiger partial charge in [-0.2, -0.15) is 10.2 Å². The van der Waals surface area contributed by atoms with Crippen molar-refractivity contribution in [2.45, 2.75) is 6.54 Å². The standard InChI is InChI=1S/C23H20N6O/c1-30-18-6-4-5-16(12-18)22-26-23(29-28-22)19-7-2-3-8-21(19)24-13-15-9-10-20-17(11-15)14-25-27-20/h2-12,14,24H,13H2,1H3,(H,25,27)(H,26,28,29).